The van der Waals surface area contributed by atoms with E-state index in [2.05, 4.69) is 0 Å². The van der Waals surface area contributed by atoms with Crippen LogP contribution in [0.25, 0.3) is 0 Å². The smallest absolute Gasteiger partial charge is 0.318 e. The Bertz CT molecular complexity index is 455. The molecule has 0 aliphatic carbocycles. The van der Waals surface area contributed by atoms with E-state index in [0.29, 0.717) is 0 Å². The molecular weight excluding hydrogens is 277 g/mol. The maximum absolute atomic E-state index is 14.1. The van der Waals surface area contributed by atoms with Gasteiger partial charge in [-0.15, -0.1) is 0 Å². The van der Waals surface area contributed by atoms with Gasteiger partial charge in [-0.1, -0.05) is 18.2 Å². The van der Waals surface area contributed by atoms with Gasteiger partial charge < -0.3 is 20.3 Å². The summed E-state index contributed by atoms with van der Waals surface area (Å²) in [5.41, 5.74) is 4.71. The molecule has 21 heavy (non-hydrogen) atoms. The van der Waals surface area contributed by atoms with Crippen LogP contribution in [0, 0.1) is 5.82 Å². The summed E-state index contributed by atoms with van der Waals surface area (Å²) in [7, 11) is 0. The van der Waals surface area contributed by atoms with E-state index in [1.54, 1.807) is 19.1 Å². The molecule has 0 saturated carbocycles. The molecule has 118 valence electrons. The number of benzene rings is 1. The van der Waals surface area contributed by atoms with Crippen molar-refractivity contribution in [3.05, 3.63) is 35.6 Å². The summed E-state index contributed by atoms with van der Waals surface area (Å²) in [6, 6.07) is 6.02. The minimum absolute atomic E-state index is 0.0880. The molecule has 0 aromatic heterocycles. The van der Waals surface area contributed by atoms with Crippen molar-refractivity contribution < 1.29 is 23.8 Å². The summed E-state index contributed by atoms with van der Waals surface area (Å²) >= 11 is 0. The summed E-state index contributed by atoms with van der Waals surface area (Å²) in [6.45, 7) is 1.99. The third-order valence-electron chi connectivity index (χ3n) is 3.31. The zero-order valence-corrected chi connectivity index (χ0v) is 12.2. The maximum Gasteiger partial charge on any atom is 0.318 e. The van der Waals surface area contributed by atoms with Gasteiger partial charge in [0, 0.05) is 18.7 Å². The standard InChI is InChI=1S/C15H22FNO4/c1-2-21-14(19)15(11-17,7-9-20-10-8-18)12-5-3-4-6-13(12)16/h3-6,18H,2,7-11,17H2,1H3. The monoisotopic (exact) mass is 299 g/mol. The molecular formula is C15H22FNO4. The summed E-state index contributed by atoms with van der Waals surface area (Å²) in [5.74, 6) is -1.07. The Balaban J connectivity index is 3.07. The Morgan fingerprint density at radius 3 is 2.67 bits per heavy atom. The Hall–Kier alpha value is -1.50. The van der Waals surface area contributed by atoms with Crippen LogP contribution in [0.2, 0.25) is 0 Å². The third-order valence-corrected chi connectivity index (χ3v) is 3.31. The fourth-order valence-electron chi connectivity index (χ4n) is 2.17. The SMILES string of the molecule is CCOC(=O)C(CN)(CCOCCO)c1ccccc1F. The highest BCUT2D eigenvalue weighted by molar-refractivity contribution is 5.83. The average molecular weight is 299 g/mol. The molecule has 0 bridgehead atoms. The number of carbonyl (C=O) groups excluding carboxylic acids is 1. The molecule has 1 unspecified atom stereocenters. The van der Waals surface area contributed by atoms with Gasteiger partial charge in [-0.25, -0.2) is 4.39 Å². The second-order valence-corrected chi connectivity index (χ2v) is 4.57. The lowest BCUT2D eigenvalue weighted by Crippen LogP contribution is -2.46. The van der Waals surface area contributed by atoms with Crippen molar-refractivity contribution in [3.63, 3.8) is 0 Å². The number of ether oxygens (including phenoxy) is 2. The molecule has 0 saturated heterocycles. The zero-order valence-electron chi connectivity index (χ0n) is 12.2. The lowest BCUT2D eigenvalue weighted by Gasteiger charge is -2.30. The van der Waals surface area contributed by atoms with Crippen LogP contribution in [0.3, 0.4) is 0 Å². The van der Waals surface area contributed by atoms with Gasteiger partial charge >= 0.3 is 5.97 Å². The number of nitrogens with two attached hydrogens (primary N) is 1. The first kappa shape index (κ1) is 17.6. The van der Waals surface area contributed by atoms with Crippen LogP contribution in [0.1, 0.15) is 18.9 Å². The van der Waals surface area contributed by atoms with Gasteiger partial charge in [-0.2, -0.15) is 0 Å². The van der Waals surface area contributed by atoms with Crippen LogP contribution in [-0.4, -0.2) is 44.0 Å². The van der Waals surface area contributed by atoms with Crippen LogP contribution in [0.5, 0.6) is 0 Å². The minimum Gasteiger partial charge on any atom is -0.465 e. The van der Waals surface area contributed by atoms with Crippen molar-refractivity contribution in [2.45, 2.75) is 18.8 Å². The number of aliphatic hydroxyl groups is 1. The van der Waals surface area contributed by atoms with Crippen molar-refractivity contribution in [1.82, 2.24) is 0 Å². The Morgan fingerprint density at radius 1 is 1.38 bits per heavy atom. The topological polar surface area (TPSA) is 81.8 Å². The van der Waals surface area contributed by atoms with E-state index in [1.807, 2.05) is 0 Å². The summed E-state index contributed by atoms with van der Waals surface area (Å²) in [4.78, 5) is 12.3. The molecule has 1 atom stereocenters. The van der Waals surface area contributed by atoms with E-state index in [0.717, 1.165) is 0 Å². The van der Waals surface area contributed by atoms with Crippen molar-refractivity contribution in [3.8, 4) is 0 Å². The lowest BCUT2D eigenvalue weighted by molar-refractivity contribution is -0.150. The van der Waals surface area contributed by atoms with Crippen molar-refractivity contribution >= 4 is 5.97 Å². The van der Waals surface area contributed by atoms with E-state index in [9.17, 15) is 9.18 Å². The van der Waals surface area contributed by atoms with Crippen molar-refractivity contribution in [1.29, 1.82) is 0 Å². The highest BCUT2D eigenvalue weighted by Crippen LogP contribution is 2.31. The number of halogens is 1. The van der Waals surface area contributed by atoms with Gasteiger partial charge in [-0.05, 0) is 19.4 Å². The molecule has 1 aromatic carbocycles. The molecule has 1 rings (SSSR count). The molecule has 0 spiro atoms. The summed E-state index contributed by atoms with van der Waals surface area (Å²) < 4.78 is 24.4. The predicted octanol–water partition coefficient (Wildman–Crippen LogP) is 0.984. The van der Waals surface area contributed by atoms with Gasteiger partial charge in [0.25, 0.3) is 0 Å². The largest absolute Gasteiger partial charge is 0.465 e. The number of aliphatic hydroxyl groups excluding tert-OH is 1. The van der Waals surface area contributed by atoms with E-state index in [1.165, 1.54) is 12.1 Å². The van der Waals surface area contributed by atoms with Gasteiger partial charge in [0.1, 0.15) is 11.2 Å². The van der Waals surface area contributed by atoms with Gasteiger partial charge in [-0.3, -0.25) is 4.79 Å². The lowest BCUT2D eigenvalue weighted by atomic mass is 9.77. The van der Waals surface area contributed by atoms with E-state index in [-0.39, 0.29) is 45.0 Å². The van der Waals surface area contributed by atoms with Crippen LogP contribution in [-0.2, 0) is 19.7 Å². The molecule has 0 heterocycles. The van der Waals surface area contributed by atoms with Crippen molar-refractivity contribution in [2.75, 3.05) is 33.0 Å². The number of rotatable bonds is 9. The quantitative estimate of drug-likeness (QED) is 0.525. The fraction of sp³-hybridized carbons (Fsp3) is 0.533. The first-order chi connectivity index (χ1) is 10.1. The Morgan fingerprint density at radius 2 is 2.10 bits per heavy atom. The maximum atomic E-state index is 14.1. The second kappa shape index (κ2) is 8.71. The fourth-order valence-corrected chi connectivity index (χ4v) is 2.17. The second-order valence-electron chi connectivity index (χ2n) is 4.57. The number of hydrogen-bond donors (Lipinski definition) is 2. The first-order valence-electron chi connectivity index (χ1n) is 6.93. The molecule has 1 aromatic rings. The van der Waals surface area contributed by atoms with Crippen LogP contribution in [0.15, 0.2) is 24.3 Å². The Kier molecular flexibility index (Phi) is 7.28. The predicted molar refractivity (Wildman–Crippen MR) is 76.3 cm³/mol. The molecule has 3 N–H and O–H groups in total. The van der Waals surface area contributed by atoms with Gasteiger partial charge in [0.2, 0.25) is 0 Å². The summed E-state index contributed by atoms with van der Waals surface area (Å²) in [6.07, 6.45) is 0.184. The van der Waals surface area contributed by atoms with E-state index in [4.69, 9.17) is 20.3 Å². The summed E-state index contributed by atoms with van der Waals surface area (Å²) in [5, 5.41) is 8.71. The number of esters is 1. The molecule has 0 fully saturated rings. The van der Waals surface area contributed by atoms with Gasteiger partial charge in [0.05, 0.1) is 19.8 Å². The highest BCUT2D eigenvalue weighted by Gasteiger charge is 2.42. The first-order valence-corrected chi connectivity index (χ1v) is 6.93. The third kappa shape index (κ3) is 4.23. The normalized spacial score (nSPS) is 13.7. The van der Waals surface area contributed by atoms with E-state index < -0.39 is 17.2 Å². The van der Waals surface area contributed by atoms with Crippen molar-refractivity contribution in [2.24, 2.45) is 5.73 Å². The number of hydrogen-bond acceptors (Lipinski definition) is 5. The zero-order chi connectivity index (χ0) is 15.7. The van der Waals surface area contributed by atoms with Crippen LogP contribution in [0.4, 0.5) is 4.39 Å². The molecule has 5 nitrogen and oxygen atoms in total. The average Bonchev–Trinajstić information content (AvgIpc) is 2.49. The molecule has 6 heteroatoms. The Labute approximate surface area is 123 Å². The minimum atomic E-state index is -1.28. The molecule has 0 amide bonds. The molecule has 0 aliphatic heterocycles. The number of carbonyl (C=O) groups is 1. The van der Waals surface area contributed by atoms with E-state index >= 15 is 0 Å². The van der Waals surface area contributed by atoms with Crippen LogP contribution >= 0.6 is 0 Å². The molecule has 0 aliphatic rings. The molecule has 0 radical (unpaired) electrons. The van der Waals surface area contributed by atoms with Gasteiger partial charge in [0.15, 0.2) is 0 Å². The highest BCUT2D eigenvalue weighted by atomic mass is 19.1. The van der Waals surface area contributed by atoms with Crippen LogP contribution < -0.4 is 5.73 Å².